The molecule has 2 unspecified atom stereocenters. The van der Waals surface area contributed by atoms with Gasteiger partial charge in [0.1, 0.15) is 0 Å². The molecule has 0 amide bonds. The van der Waals surface area contributed by atoms with Crippen LogP contribution in [0.4, 0.5) is 0 Å². The smallest absolute Gasteiger partial charge is 0.0409 e. The van der Waals surface area contributed by atoms with Gasteiger partial charge in [-0.1, -0.05) is 37.6 Å². The lowest BCUT2D eigenvalue weighted by Crippen LogP contribution is -2.35. The van der Waals surface area contributed by atoms with Crippen molar-refractivity contribution in [3.63, 3.8) is 0 Å². The van der Waals surface area contributed by atoms with Gasteiger partial charge in [0.15, 0.2) is 0 Å². The molecule has 0 saturated carbocycles. The van der Waals surface area contributed by atoms with E-state index in [2.05, 4.69) is 32.7 Å². The first-order chi connectivity index (χ1) is 8.41. The average Bonchev–Trinajstić information content (AvgIpc) is 2.34. The summed E-state index contributed by atoms with van der Waals surface area (Å²) in [4.78, 5) is 2.37. The molecule has 0 saturated heterocycles. The van der Waals surface area contributed by atoms with Crippen LogP contribution in [0.1, 0.15) is 38.8 Å². The molecule has 0 aliphatic carbocycles. The van der Waals surface area contributed by atoms with E-state index in [1.54, 1.807) is 0 Å². The van der Waals surface area contributed by atoms with Crippen LogP contribution in [0.15, 0.2) is 24.3 Å². The number of nitrogens with two attached hydrogens (primary N) is 1. The fourth-order valence-electron chi connectivity index (χ4n) is 1.96. The third-order valence-corrected chi connectivity index (χ3v) is 3.96. The second-order valence-electron chi connectivity index (χ2n) is 5.42. The van der Waals surface area contributed by atoms with Gasteiger partial charge in [0.05, 0.1) is 0 Å². The lowest BCUT2D eigenvalue weighted by atomic mass is 10.0. The van der Waals surface area contributed by atoms with Crippen molar-refractivity contribution < 1.29 is 0 Å². The molecule has 0 heterocycles. The van der Waals surface area contributed by atoms with Crippen molar-refractivity contribution in [1.29, 1.82) is 0 Å². The van der Waals surface area contributed by atoms with Crippen molar-refractivity contribution >= 4 is 11.6 Å². The summed E-state index contributed by atoms with van der Waals surface area (Å²) in [5.41, 5.74) is 7.32. The van der Waals surface area contributed by atoms with Crippen LogP contribution in [-0.2, 0) is 0 Å². The van der Waals surface area contributed by atoms with E-state index in [-0.39, 0.29) is 6.04 Å². The number of benzene rings is 1. The van der Waals surface area contributed by atoms with Crippen LogP contribution in [0.3, 0.4) is 0 Å². The second kappa shape index (κ2) is 7.13. The Bertz CT molecular complexity index is 365. The van der Waals surface area contributed by atoms with E-state index in [0.29, 0.717) is 12.0 Å². The lowest BCUT2D eigenvalue weighted by Gasteiger charge is -2.28. The minimum atomic E-state index is 0.0607. The Balaban J connectivity index is 2.48. The van der Waals surface area contributed by atoms with E-state index in [1.165, 1.54) is 0 Å². The molecule has 0 aliphatic rings. The molecule has 1 aromatic carbocycles. The molecule has 0 fully saturated rings. The molecule has 0 bridgehead atoms. The maximum atomic E-state index is 6.20. The highest BCUT2D eigenvalue weighted by Crippen LogP contribution is 2.19. The number of hydrogen-bond donors (Lipinski definition) is 1. The maximum absolute atomic E-state index is 6.20. The largest absolute Gasteiger partial charge is 0.324 e. The van der Waals surface area contributed by atoms with Crippen molar-refractivity contribution in [3.8, 4) is 0 Å². The molecule has 1 aromatic rings. The van der Waals surface area contributed by atoms with E-state index in [9.17, 15) is 0 Å². The van der Waals surface area contributed by atoms with Crippen molar-refractivity contribution in [1.82, 2.24) is 4.90 Å². The van der Waals surface area contributed by atoms with Gasteiger partial charge in [-0.3, -0.25) is 0 Å². The fraction of sp³-hybridized carbons (Fsp3) is 0.600. The van der Waals surface area contributed by atoms with Gasteiger partial charge in [0, 0.05) is 17.1 Å². The van der Waals surface area contributed by atoms with Crippen LogP contribution in [0.5, 0.6) is 0 Å². The van der Waals surface area contributed by atoms with Gasteiger partial charge >= 0.3 is 0 Å². The van der Waals surface area contributed by atoms with Gasteiger partial charge in [-0.05, 0) is 50.6 Å². The number of halogens is 1. The maximum Gasteiger partial charge on any atom is 0.0409 e. The number of hydrogen-bond acceptors (Lipinski definition) is 2. The van der Waals surface area contributed by atoms with Crippen molar-refractivity contribution in [3.05, 3.63) is 34.9 Å². The first-order valence-electron chi connectivity index (χ1n) is 6.63. The van der Waals surface area contributed by atoms with Gasteiger partial charge in [-0.25, -0.2) is 0 Å². The van der Waals surface area contributed by atoms with E-state index in [1.807, 2.05) is 24.3 Å². The summed E-state index contributed by atoms with van der Waals surface area (Å²) in [6.45, 7) is 7.76. The molecule has 2 atom stereocenters. The number of rotatable bonds is 6. The molecule has 0 spiro atoms. The summed E-state index contributed by atoms with van der Waals surface area (Å²) in [6.07, 6.45) is 0.952. The normalized spacial score (nSPS) is 15.1. The molecule has 0 aromatic heterocycles. The highest BCUT2D eigenvalue weighted by atomic mass is 35.5. The van der Waals surface area contributed by atoms with Crippen molar-refractivity contribution in [2.75, 3.05) is 13.6 Å². The Labute approximate surface area is 116 Å². The zero-order valence-corrected chi connectivity index (χ0v) is 12.6. The monoisotopic (exact) mass is 268 g/mol. The van der Waals surface area contributed by atoms with Crippen molar-refractivity contribution in [2.45, 2.75) is 39.3 Å². The summed E-state index contributed by atoms with van der Waals surface area (Å²) in [6, 6.07) is 8.48. The summed E-state index contributed by atoms with van der Waals surface area (Å²) >= 11 is 5.98. The number of nitrogens with zero attached hydrogens (tertiary/aromatic N) is 1. The predicted octanol–water partition coefficient (Wildman–Crippen LogP) is 3.71. The van der Waals surface area contributed by atoms with Gasteiger partial charge < -0.3 is 10.6 Å². The minimum absolute atomic E-state index is 0.0607. The minimum Gasteiger partial charge on any atom is -0.324 e. The van der Waals surface area contributed by atoms with Gasteiger partial charge in [0.2, 0.25) is 0 Å². The molecule has 0 radical (unpaired) electrons. The first-order valence-corrected chi connectivity index (χ1v) is 7.01. The molecule has 1 rings (SSSR count). The third-order valence-electron chi connectivity index (χ3n) is 3.73. The van der Waals surface area contributed by atoms with Gasteiger partial charge in [0.25, 0.3) is 0 Å². The Morgan fingerprint density at radius 2 is 1.94 bits per heavy atom. The highest BCUT2D eigenvalue weighted by Gasteiger charge is 2.14. The molecule has 102 valence electrons. The van der Waals surface area contributed by atoms with Crippen LogP contribution in [0.25, 0.3) is 0 Å². The molecule has 18 heavy (non-hydrogen) atoms. The molecular formula is C15H25ClN2. The Morgan fingerprint density at radius 1 is 1.28 bits per heavy atom. The van der Waals surface area contributed by atoms with Crippen LogP contribution in [-0.4, -0.2) is 24.5 Å². The topological polar surface area (TPSA) is 29.3 Å². The molecular weight excluding hydrogens is 244 g/mol. The second-order valence-corrected chi connectivity index (χ2v) is 5.85. The van der Waals surface area contributed by atoms with E-state index in [0.717, 1.165) is 23.6 Å². The van der Waals surface area contributed by atoms with Gasteiger partial charge in [-0.15, -0.1) is 0 Å². The predicted molar refractivity (Wildman–Crippen MR) is 79.9 cm³/mol. The fourth-order valence-corrected chi connectivity index (χ4v) is 2.16. The zero-order chi connectivity index (χ0) is 13.7. The third kappa shape index (κ3) is 4.60. The molecule has 3 heteroatoms. The standard InChI is InChI=1S/C15H25ClN2/c1-11(2)12(3)18(4)9-8-15(17)13-6-5-7-14(16)10-13/h5-7,10-12,15H,8-9,17H2,1-4H3. The van der Waals surface area contributed by atoms with Crippen molar-refractivity contribution in [2.24, 2.45) is 11.7 Å². The quantitative estimate of drug-likeness (QED) is 0.852. The van der Waals surface area contributed by atoms with Crippen LogP contribution >= 0.6 is 11.6 Å². The zero-order valence-electron chi connectivity index (χ0n) is 11.9. The van der Waals surface area contributed by atoms with Crippen LogP contribution in [0.2, 0.25) is 5.02 Å². The van der Waals surface area contributed by atoms with E-state index >= 15 is 0 Å². The Morgan fingerprint density at radius 3 is 2.50 bits per heavy atom. The SMILES string of the molecule is CC(C)C(C)N(C)CCC(N)c1cccc(Cl)c1. The lowest BCUT2D eigenvalue weighted by molar-refractivity contribution is 0.202. The molecule has 2 nitrogen and oxygen atoms in total. The summed E-state index contributed by atoms with van der Waals surface area (Å²) in [5.74, 6) is 0.664. The van der Waals surface area contributed by atoms with Gasteiger partial charge in [-0.2, -0.15) is 0 Å². The highest BCUT2D eigenvalue weighted by molar-refractivity contribution is 6.30. The summed E-state index contributed by atoms with van der Waals surface area (Å²) in [7, 11) is 2.16. The molecule has 0 aliphatic heterocycles. The summed E-state index contributed by atoms with van der Waals surface area (Å²) in [5, 5.41) is 0.756. The molecule has 2 N–H and O–H groups in total. The van der Waals surface area contributed by atoms with E-state index < -0.39 is 0 Å². The van der Waals surface area contributed by atoms with E-state index in [4.69, 9.17) is 17.3 Å². The van der Waals surface area contributed by atoms with Crippen LogP contribution in [0, 0.1) is 5.92 Å². The Kier molecular flexibility index (Phi) is 6.13. The average molecular weight is 269 g/mol. The Hall–Kier alpha value is -0.570. The summed E-state index contributed by atoms with van der Waals surface area (Å²) < 4.78 is 0. The first kappa shape index (κ1) is 15.5. The van der Waals surface area contributed by atoms with Crippen LogP contribution < -0.4 is 5.73 Å².